The Kier molecular flexibility index (Phi) is 3.13. The van der Waals surface area contributed by atoms with Crippen LogP contribution < -0.4 is 0 Å². The van der Waals surface area contributed by atoms with Crippen molar-refractivity contribution in [1.29, 1.82) is 0 Å². The van der Waals surface area contributed by atoms with Crippen molar-refractivity contribution in [3.8, 4) is 0 Å². The summed E-state index contributed by atoms with van der Waals surface area (Å²) in [5, 5.41) is 0. The van der Waals surface area contributed by atoms with Gasteiger partial charge < -0.3 is 4.90 Å². The minimum absolute atomic E-state index is 0.0975. The molecule has 2 amide bonds. The summed E-state index contributed by atoms with van der Waals surface area (Å²) in [5.74, 6) is -1.34. The topological polar surface area (TPSA) is 74.8 Å². The SMILES string of the molecule is C=CC(=O)N1CN(C)C(=O)CCS1(=O)=O. The average Bonchev–Trinajstić information content (AvgIpc) is 2.28. The fraction of sp³-hybridized carbons (Fsp3) is 0.500. The van der Waals surface area contributed by atoms with Crippen molar-refractivity contribution in [3.05, 3.63) is 12.7 Å². The monoisotopic (exact) mass is 232 g/mol. The average molecular weight is 232 g/mol. The molecule has 1 aliphatic rings. The van der Waals surface area contributed by atoms with E-state index < -0.39 is 15.9 Å². The second-order valence-electron chi connectivity index (χ2n) is 3.19. The molecule has 0 unspecified atom stereocenters. The Morgan fingerprint density at radius 2 is 2.13 bits per heavy atom. The molecule has 0 aromatic carbocycles. The van der Waals surface area contributed by atoms with Crippen LogP contribution in [-0.2, 0) is 19.6 Å². The van der Waals surface area contributed by atoms with E-state index in [9.17, 15) is 18.0 Å². The van der Waals surface area contributed by atoms with Crippen molar-refractivity contribution in [1.82, 2.24) is 9.21 Å². The highest BCUT2D eigenvalue weighted by atomic mass is 32.2. The van der Waals surface area contributed by atoms with Crippen molar-refractivity contribution in [2.75, 3.05) is 19.5 Å². The fourth-order valence-corrected chi connectivity index (χ4v) is 2.54. The molecule has 0 aromatic heterocycles. The summed E-state index contributed by atoms with van der Waals surface area (Å²) < 4.78 is 23.8. The molecular formula is C8H12N2O4S. The normalized spacial score (nSPS) is 21.0. The Balaban J connectivity index is 3.06. The molecule has 15 heavy (non-hydrogen) atoms. The lowest BCUT2D eigenvalue weighted by Crippen LogP contribution is -2.42. The summed E-state index contributed by atoms with van der Waals surface area (Å²) >= 11 is 0. The van der Waals surface area contributed by atoms with Crippen LogP contribution in [0.2, 0.25) is 0 Å². The molecule has 0 N–H and O–H groups in total. The predicted molar refractivity (Wildman–Crippen MR) is 53.1 cm³/mol. The molecule has 0 radical (unpaired) electrons. The van der Waals surface area contributed by atoms with Crippen molar-refractivity contribution >= 4 is 21.8 Å². The van der Waals surface area contributed by atoms with E-state index in [2.05, 4.69) is 6.58 Å². The first-order chi connectivity index (χ1) is 6.88. The molecule has 7 heteroatoms. The maximum Gasteiger partial charge on any atom is 0.261 e. The minimum atomic E-state index is -3.69. The molecule has 0 saturated carbocycles. The first kappa shape index (κ1) is 11.7. The first-order valence-corrected chi connectivity index (χ1v) is 5.90. The third-order valence-electron chi connectivity index (χ3n) is 2.10. The van der Waals surface area contributed by atoms with Crippen LogP contribution in [0.3, 0.4) is 0 Å². The molecule has 0 aromatic rings. The van der Waals surface area contributed by atoms with E-state index in [1.807, 2.05) is 0 Å². The fourth-order valence-electron chi connectivity index (χ4n) is 1.19. The Hall–Kier alpha value is -1.37. The quantitative estimate of drug-likeness (QED) is 0.552. The molecule has 1 rings (SSSR count). The van der Waals surface area contributed by atoms with Crippen molar-refractivity contribution < 1.29 is 18.0 Å². The predicted octanol–water partition coefficient (Wildman–Crippen LogP) is -0.850. The Bertz CT molecular complexity index is 401. The van der Waals surface area contributed by atoms with Gasteiger partial charge in [0, 0.05) is 13.5 Å². The van der Waals surface area contributed by atoms with Crippen molar-refractivity contribution in [2.45, 2.75) is 6.42 Å². The number of rotatable bonds is 1. The number of nitrogens with zero attached hydrogens (tertiary/aromatic N) is 2. The molecule has 1 aliphatic heterocycles. The molecule has 1 fully saturated rings. The Morgan fingerprint density at radius 3 is 2.67 bits per heavy atom. The van der Waals surface area contributed by atoms with Gasteiger partial charge in [-0.3, -0.25) is 9.59 Å². The maximum atomic E-state index is 11.6. The minimum Gasteiger partial charge on any atom is -0.327 e. The second kappa shape index (κ2) is 4.01. The van der Waals surface area contributed by atoms with Gasteiger partial charge in [-0.2, -0.15) is 0 Å². The lowest BCUT2D eigenvalue weighted by molar-refractivity contribution is -0.131. The van der Waals surface area contributed by atoms with E-state index in [4.69, 9.17) is 0 Å². The van der Waals surface area contributed by atoms with Gasteiger partial charge in [0.1, 0.15) is 6.67 Å². The molecule has 0 atom stereocenters. The summed E-state index contributed by atoms with van der Waals surface area (Å²) in [4.78, 5) is 23.7. The van der Waals surface area contributed by atoms with Crippen LogP contribution in [0.25, 0.3) is 0 Å². The van der Waals surface area contributed by atoms with Gasteiger partial charge >= 0.3 is 0 Å². The number of hydrogen-bond donors (Lipinski definition) is 0. The van der Waals surface area contributed by atoms with E-state index in [0.29, 0.717) is 4.31 Å². The van der Waals surface area contributed by atoms with Gasteiger partial charge in [0.05, 0.1) is 5.75 Å². The first-order valence-electron chi connectivity index (χ1n) is 4.29. The number of carbonyl (C=O) groups is 2. The summed E-state index contributed by atoms with van der Waals surface area (Å²) in [5.41, 5.74) is 0. The van der Waals surface area contributed by atoms with Gasteiger partial charge in [-0.05, 0) is 6.08 Å². The lowest BCUT2D eigenvalue weighted by atomic mass is 10.4. The number of amides is 2. The zero-order valence-electron chi connectivity index (χ0n) is 8.34. The molecule has 6 nitrogen and oxygen atoms in total. The van der Waals surface area contributed by atoms with Crippen LogP contribution in [0.5, 0.6) is 0 Å². The van der Waals surface area contributed by atoms with Crippen molar-refractivity contribution in [2.24, 2.45) is 0 Å². The van der Waals surface area contributed by atoms with Crippen LogP contribution in [-0.4, -0.2) is 48.9 Å². The van der Waals surface area contributed by atoms with Gasteiger partial charge in [0.25, 0.3) is 5.91 Å². The number of sulfonamides is 1. The van der Waals surface area contributed by atoms with E-state index in [-0.39, 0.29) is 24.7 Å². The lowest BCUT2D eigenvalue weighted by Gasteiger charge is -2.22. The van der Waals surface area contributed by atoms with E-state index >= 15 is 0 Å². The molecule has 84 valence electrons. The summed E-state index contributed by atoms with van der Waals surface area (Å²) in [6, 6.07) is 0. The summed E-state index contributed by atoms with van der Waals surface area (Å²) in [6.07, 6.45) is 0.820. The van der Waals surface area contributed by atoms with Gasteiger partial charge in [-0.25, -0.2) is 12.7 Å². The number of hydrogen-bond acceptors (Lipinski definition) is 4. The Labute approximate surface area is 88.2 Å². The number of carbonyl (C=O) groups excluding carboxylic acids is 2. The highest BCUT2D eigenvalue weighted by molar-refractivity contribution is 7.89. The molecule has 0 bridgehead atoms. The van der Waals surface area contributed by atoms with Crippen LogP contribution in [0.15, 0.2) is 12.7 Å². The Morgan fingerprint density at radius 1 is 1.53 bits per heavy atom. The largest absolute Gasteiger partial charge is 0.327 e. The third-order valence-corrected chi connectivity index (χ3v) is 3.78. The van der Waals surface area contributed by atoms with Gasteiger partial charge in [0.15, 0.2) is 0 Å². The van der Waals surface area contributed by atoms with Crippen LogP contribution >= 0.6 is 0 Å². The second-order valence-corrected chi connectivity index (χ2v) is 5.20. The molecule has 0 spiro atoms. The molecule has 1 saturated heterocycles. The van der Waals surface area contributed by atoms with E-state index in [1.54, 1.807) is 0 Å². The van der Waals surface area contributed by atoms with Gasteiger partial charge in [0.2, 0.25) is 15.9 Å². The van der Waals surface area contributed by atoms with Crippen molar-refractivity contribution in [3.63, 3.8) is 0 Å². The molecule has 1 heterocycles. The third kappa shape index (κ3) is 2.35. The van der Waals surface area contributed by atoms with Gasteiger partial charge in [-0.1, -0.05) is 6.58 Å². The highest BCUT2D eigenvalue weighted by Gasteiger charge is 2.32. The zero-order chi connectivity index (χ0) is 11.6. The van der Waals surface area contributed by atoms with Gasteiger partial charge in [-0.15, -0.1) is 0 Å². The molecular weight excluding hydrogens is 220 g/mol. The smallest absolute Gasteiger partial charge is 0.261 e. The summed E-state index contributed by atoms with van der Waals surface area (Å²) in [7, 11) is -2.24. The highest BCUT2D eigenvalue weighted by Crippen LogP contribution is 2.11. The zero-order valence-corrected chi connectivity index (χ0v) is 9.16. The van der Waals surface area contributed by atoms with Crippen LogP contribution in [0.1, 0.15) is 6.42 Å². The maximum absolute atomic E-state index is 11.6. The van der Waals surface area contributed by atoms with Crippen LogP contribution in [0, 0.1) is 0 Å². The summed E-state index contributed by atoms with van der Waals surface area (Å²) in [6.45, 7) is 2.97. The van der Waals surface area contributed by atoms with Crippen LogP contribution in [0.4, 0.5) is 0 Å². The van der Waals surface area contributed by atoms with E-state index in [1.165, 1.54) is 11.9 Å². The van der Waals surface area contributed by atoms with E-state index in [0.717, 1.165) is 6.08 Å². The standard InChI is InChI=1S/C8H12N2O4S/c1-3-7(11)10-6-9(2)8(12)4-5-15(10,13)14/h3H,1,4-6H2,2H3. The molecule has 0 aliphatic carbocycles.